The van der Waals surface area contributed by atoms with Crippen molar-refractivity contribution in [3.8, 4) is 11.8 Å². The Morgan fingerprint density at radius 2 is 2.12 bits per heavy atom. The second-order valence-electron chi connectivity index (χ2n) is 1.83. The SMILES string of the molecule is C1#C/C=C\CCC[CH]1. The van der Waals surface area contributed by atoms with Gasteiger partial charge in [0.25, 0.3) is 0 Å². The van der Waals surface area contributed by atoms with Crippen LogP contribution in [0.4, 0.5) is 0 Å². The molecule has 0 fully saturated rings. The Labute approximate surface area is 50.6 Å². The molecule has 0 aromatic rings. The molecular formula is C8H9. The smallest absolute Gasteiger partial charge is 0.0344 e. The first-order valence-electron chi connectivity index (χ1n) is 2.98. The van der Waals surface area contributed by atoms with Crippen molar-refractivity contribution in [2.45, 2.75) is 19.3 Å². The van der Waals surface area contributed by atoms with Gasteiger partial charge in [-0.2, -0.15) is 0 Å². The van der Waals surface area contributed by atoms with E-state index in [9.17, 15) is 0 Å². The molecule has 0 aliphatic heterocycles. The fraction of sp³-hybridized carbons (Fsp3) is 0.375. The topological polar surface area (TPSA) is 0 Å². The van der Waals surface area contributed by atoms with E-state index in [1.165, 1.54) is 12.8 Å². The Kier molecular flexibility index (Phi) is 2.26. The first kappa shape index (κ1) is 5.44. The van der Waals surface area contributed by atoms with Gasteiger partial charge in [-0.05, 0) is 25.3 Å². The first-order valence-corrected chi connectivity index (χ1v) is 2.98. The molecule has 0 aromatic carbocycles. The molecule has 0 heterocycles. The zero-order valence-corrected chi connectivity index (χ0v) is 4.85. The van der Waals surface area contributed by atoms with Gasteiger partial charge < -0.3 is 0 Å². The molecule has 1 rings (SSSR count). The molecule has 8 heavy (non-hydrogen) atoms. The van der Waals surface area contributed by atoms with E-state index >= 15 is 0 Å². The van der Waals surface area contributed by atoms with Crippen LogP contribution in [0.3, 0.4) is 0 Å². The molecule has 0 saturated heterocycles. The summed E-state index contributed by atoms with van der Waals surface area (Å²) in [6.45, 7) is 0. The Balaban J connectivity index is 2.41. The van der Waals surface area contributed by atoms with E-state index in [4.69, 9.17) is 0 Å². The molecule has 0 amide bonds. The molecule has 0 unspecified atom stereocenters. The molecule has 0 saturated carbocycles. The molecule has 1 aliphatic carbocycles. The lowest BCUT2D eigenvalue weighted by atomic mass is 10.1. The molecule has 0 N–H and O–H groups in total. The molecule has 0 bridgehead atoms. The maximum atomic E-state index is 2.93. The predicted octanol–water partition coefficient (Wildman–Crippen LogP) is 1.93. The number of rotatable bonds is 0. The number of allylic oxidation sites excluding steroid dienone is 2. The Morgan fingerprint density at radius 3 is 3.12 bits per heavy atom. The van der Waals surface area contributed by atoms with Crippen molar-refractivity contribution in [2.75, 3.05) is 0 Å². The van der Waals surface area contributed by atoms with E-state index in [0.29, 0.717) is 0 Å². The highest BCUT2D eigenvalue weighted by Gasteiger charge is 1.84. The molecule has 0 aromatic heterocycles. The van der Waals surface area contributed by atoms with Crippen molar-refractivity contribution in [3.05, 3.63) is 18.6 Å². The van der Waals surface area contributed by atoms with Gasteiger partial charge in [0.05, 0.1) is 0 Å². The largest absolute Gasteiger partial charge is 0.0938 e. The van der Waals surface area contributed by atoms with Crippen molar-refractivity contribution >= 4 is 0 Å². The van der Waals surface area contributed by atoms with Gasteiger partial charge in [0.2, 0.25) is 0 Å². The summed E-state index contributed by atoms with van der Waals surface area (Å²) < 4.78 is 0. The van der Waals surface area contributed by atoms with E-state index in [0.717, 1.165) is 6.42 Å². The maximum Gasteiger partial charge on any atom is 0.0344 e. The molecular weight excluding hydrogens is 96.1 g/mol. The van der Waals surface area contributed by atoms with Crippen LogP contribution in [0, 0.1) is 18.3 Å². The zero-order chi connectivity index (χ0) is 5.66. The number of hydrogen-bond acceptors (Lipinski definition) is 0. The van der Waals surface area contributed by atoms with Crippen LogP contribution >= 0.6 is 0 Å². The highest BCUT2D eigenvalue weighted by molar-refractivity contribution is 5.21. The minimum absolute atomic E-state index is 1.15. The molecule has 0 nitrogen and oxygen atoms in total. The minimum atomic E-state index is 1.15. The van der Waals surface area contributed by atoms with E-state index in [1.54, 1.807) is 0 Å². The van der Waals surface area contributed by atoms with E-state index < -0.39 is 0 Å². The monoisotopic (exact) mass is 105 g/mol. The fourth-order valence-electron chi connectivity index (χ4n) is 0.659. The maximum absolute atomic E-state index is 2.93. The lowest BCUT2D eigenvalue weighted by Gasteiger charge is -1.91. The van der Waals surface area contributed by atoms with Crippen LogP contribution in [0.2, 0.25) is 0 Å². The standard InChI is InChI=1S/C8H9/c1-2-4-6-8-7-5-3-1/h1-2,8H,3,5,7H2/b2-1-. The van der Waals surface area contributed by atoms with Gasteiger partial charge in [-0.3, -0.25) is 0 Å². The second-order valence-corrected chi connectivity index (χ2v) is 1.83. The average molecular weight is 105 g/mol. The Morgan fingerprint density at radius 1 is 1.12 bits per heavy atom. The van der Waals surface area contributed by atoms with E-state index in [-0.39, 0.29) is 0 Å². The lowest BCUT2D eigenvalue weighted by Crippen LogP contribution is -1.75. The Bertz CT molecular complexity index is 132. The van der Waals surface area contributed by atoms with Crippen molar-refractivity contribution < 1.29 is 0 Å². The predicted molar refractivity (Wildman–Crippen MR) is 35.1 cm³/mol. The van der Waals surface area contributed by atoms with Gasteiger partial charge in [0.1, 0.15) is 0 Å². The molecule has 0 heteroatoms. The molecule has 0 spiro atoms. The van der Waals surface area contributed by atoms with Gasteiger partial charge in [-0.1, -0.05) is 17.9 Å². The fourth-order valence-corrected chi connectivity index (χ4v) is 0.659. The van der Waals surface area contributed by atoms with Gasteiger partial charge in [0.15, 0.2) is 0 Å². The summed E-state index contributed by atoms with van der Waals surface area (Å²) in [5, 5.41) is 0. The van der Waals surface area contributed by atoms with Crippen molar-refractivity contribution in [1.82, 2.24) is 0 Å². The molecule has 1 radical (unpaired) electrons. The first-order chi connectivity index (χ1) is 4.00. The van der Waals surface area contributed by atoms with E-state index in [1.807, 2.05) is 12.5 Å². The quantitative estimate of drug-likeness (QED) is 0.413. The summed E-state index contributed by atoms with van der Waals surface area (Å²) in [6.07, 6.45) is 9.67. The van der Waals surface area contributed by atoms with Crippen LogP contribution in [-0.2, 0) is 0 Å². The van der Waals surface area contributed by atoms with Gasteiger partial charge in [0, 0.05) is 6.42 Å². The van der Waals surface area contributed by atoms with Gasteiger partial charge in [-0.25, -0.2) is 0 Å². The number of hydrogen-bond donors (Lipinski definition) is 0. The summed E-state index contributed by atoms with van der Waals surface area (Å²) >= 11 is 0. The third-order valence-corrected chi connectivity index (χ3v) is 1.11. The highest BCUT2D eigenvalue weighted by atomic mass is 13.9. The van der Waals surface area contributed by atoms with Crippen molar-refractivity contribution in [2.24, 2.45) is 0 Å². The minimum Gasteiger partial charge on any atom is -0.0938 e. The van der Waals surface area contributed by atoms with Crippen LogP contribution < -0.4 is 0 Å². The zero-order valence-electron chi connectivity index (χ0n) is 4.85. The lowest BCUT2D eigenvalue weighted by molar-refractivity contribution is 0.845. The average Bonchev–Trinajstić information content (AvgIpc) is 1.62. The van der Waals surface area contributed by atoms with Gasteiger partial charge >= 0.3 is 0 Å². The summed E-state index contributed by atoms with van der Waals surface area (Å²) in [4.78, 5) is 0. The molecule has 1 aliphatic rings. The summed E-state index contributed by atoms with van der Waals surface area (Å²) in [5.74, 6) is 5.83. The Hall–Kier alpha value is -0.700. The summed E-state index contributed by atoms with van der Waals surface area (Å²) in [5.41, 5.74) is 0. The highest BCUT2D eigenvalue weighted by Crippen LogP contribution is 2.00. The molecule has 0 atom stereocenters. The third kappa shape index (κ3) is 1.84. The van der Waals surface area contributed by atoms with Crippen molar-refractivity contribution in [3.63, 3.8) is 0 Å². The van der Waals surface area contributed by atoms with Crippen LogP contribution in [0.15, 0.2) is 12.2 Å². The van der Waals surface area contributed by atoms with Gasteiger partial charge in [-0.15, -0.1) is 0 Å². The van der Waals surface area contributed by atoms with Crippen LogP contribution in [-0.4, -0.2) is 0 Å². The summed E-state index contributed by atoms with van der Waals surface area (Å²) in [7, 11) is 0. The normalized spacial score (nSPS) is 22.0. The van der Waals surface area contributed by atoms with Crippen LogP contribution in [0.25, 0.3) is 0 Å². The third-order valence-electron chi connectivity index (χ3n) is 1.11. The second kappa shape index (κ2) is 3.32. The van der Waals surface area contributed by atoms with Crippen molar-refractivity contribution in [1.29, 1.82) is 0 Å². The molecule has 41 valence electrons. The van der Waals surface area contributed by atoms with Crippen LogP contribution in [0.1, 0.15) is 19.3 Å². The summed E-state index contributed by atoms with van der Waals surface area (Å²) in [6, 6.07) is 0. The van der Waals surface area contributed by atoms with E-state index in [2.05, 4.69) is 17.9 Å². The van der Waals surface area contributed by atoms with Crippen LogP contribution in [0.5, 0.6) is 0 Å².